The van der Waals surface area contributed by atoms with Crippen LogP contribution in [-0.4, -0.2) is 12.0 Å². The molecular weight excluding hydrogens is 256 g/mol. The minimum Gasteiger partial charge on any atom is -0.454 e. The van der Waals surface area contributed by atoms with Crippen LogP contribution in [0.1, 0.15) is 17.5 Å². The van der Waals surface area contributed by atoms with E-state index in [-0.39, 0.29) is 0 Å². The summed E-state index contributed by atoms with van der Waals surface area (Å²) >= 11 is 1.71. The standard InChI is InChI=1S/C15H16N2OS/c1-3-11-14(9-16-2)19-15(17-11)13-8-10-6-4-5-7-12(10)18-13/h4-8,16H,3,9H2,1-2H3. The Morgan fingerprint density at radius 2 is 2.16 bits per heavy atom. The van der Waals surface area contributed by atoms with E-state index >= 15 is 0 Å². The molecule has 0 aliphatic carbocycles. The molecule has 4 heteroatoms. The van der Waals surface area contributed by atoms with Gasteiger partial charge in [0.1, 0.15) is 5.58 Å². The van der Waals surface area contributed by atoms with Gasteiger partial charge in [0.2, 0.25) is 0 Å². The molecule has 1 N–H and O–H groups in total. The largest absolute Gasteiger partial charge is 0.454 e. The van der Waals surface area contributed by atoms with E-state index in [9.17, 15) is 0 Å². The number of rotatable bonds is 4. The molecule has 3 aromatic rings. The first-order chi connectivity index (χ1) is 9.31. The number of nitrogens with zero attached hydrogens (tertiary/aromatic N) is 1. The van der Waals surface area contributed by atoms with Crippen molar-refractivity contribution in [3.05, 3.63) is 40.9 Å². The van der Waals surface area contributed by atoms with Crippen molar-refractivity contribution < 1.29 is 4.42 Å². The number of aromatic nitrogens is 1. The van der Waals surface area contributed by atoms with Crippen molar-refractivity contribution in [2.24, 2.45) is 0 Å². The first-order valence-electron chi connectivity index (χ1n) is 6.44. The Morgan fingerprint density at radius 3 is 2.89 bits per heavy atom. The maximum absolute atomic E-state index is 5.87. The van der Waals surface area contributed by atoms with Gasteiger partial charge in [0.25, 0.3) is 0 Å². The molecule has 0 saturated heterocycles. The summed E-state index contributed by atoms with van der Waals surface area (Å²) in [5, 5.41) is 5.29. The third-order valence-electron chi connectivity index (χ3n) is 3.09. The molecule has 0 radical (unpaired) electrons. The number of furan rings is 1. The average Bonchev–Trinajstić information content (AvgIpc) is 3.02. The van der Waals surface area contributed by atoms with Gasteiger partial charge in [0.15, 0.2) is 10.8 Å². The van der Waals surface area contributed by atoms with E-state index < -0.39 is 0 Å². The van der Waals surface area contributed by atoms with Gasteiger partial charge in [-0.15, -0.1) is 11.3 Å². The number of aryl methyl sites for hydroxylation is 1. The lowest BCUT2D eigenvalue weighted by molar-refractivity contribution is 0.630. The fourth-order valence-electron chi connectivity index (χ4n) is 2.15. The molecule has 0 fully saturated rings. The molecular formula is C15H16N2OS. The maximum Gasteiger partial charge on any atom is 0.164 e. The molecule has 19 heavy (non-hydrogen) atoms. The molecule has 0 atom stereocenters. The monoisotopic (exact) mass is 272 g/mol. The molecule has 1 aromatic carbocycles. The third kappa shape index (κ3) is 2.29. The van der Waals surface area contributed by atoms with Crippen molar-refractivity contribution in [2.45, 2.75) is 19.9 Å². The molecule has 0 spiro atoms. The maximum atomic E-state index is 5.87. The highest BCUT2D eigenvalue weighted by molar-refractivity contribution is 7.15. The predicted octanol–water partition coefficient (Wildman–Crippen LogP) is 3.84. The van der Waals surface area contributed by atoms with E-state index in [4.69, 9.17) is 9.40 Å². The second-order valence-corrected chi connectivity index (χ2v) is 5.50. The van der Waals surface area contributed by atoms with Crippen LogP contribution in [0.25, 0.3) is 21.7 Å². The van der Waals surface area contributed by atoms with Crippen LogP contribution in [-0.2, 0) is 13.0 Å². The number of hydrogen-bond acceptors (Lipinski definition) is 4. The van der Waals surface area contributed by atoms with E-state index in [1.165, 1.54) is 4.88 Å². The summed E-state index contributed by atoms with van der Waals surface area (Å²) in [6, 6.07) is 10.1. The Kier molecular flexibility index (Phi) is 3.36. The molecule has 98 valence electrons. The highest BCUT2D eigenvalue weighted by Gasteiger charge is 2.14. The van der Waals surface area contributed by atoms with Crippen molar-refractivity contribution >= 4 is 22.3 Å². The van der Waals surface area contributed by atoms with Crippen LogP contribution in [0, 0.1) is 0 Å². The fraction of sp³-hybridized carbons (Fsp3) is 0.267. The zero-order valence-electron chi connectivity index (χ0n) is 11.1. The van der Waals surface area contributed by atoms with Gasteiger partial charge in [0, 0.05) is 16.8 Å². The zero-order chi connectivity index (χ0) is 13.2. The Balaban J connectivity index is 2.05. The van der Waals surface area contributed by atoms with Crippen LogP contribution in [0.15, 0.2) is 34.7 Å². The topological polar surface area (TPSA) is 38.1 Å². The van der Waals surface area contributed by atoms with Crippen LogP contribution in [0.4, 0.5) is 0 Å². The average molecular weight is 272 g/mol. The second-order valence-electron chi connectivity index (χ2n) is 4.42. The number of benzene rings is 1. The molecule has 3 rings (SSSR count). The second kappa shape index (κ2) is 5.15. The number of fused-ring (bicyclic) bond motifs is 1. The van der Waals surface area contributed by atoms with Crippen LogP contribution in [0.5, 0.6) is 0 Å². The van der Waals surface area contributed by atoms with Crippen LogP contribution in [0.3, 0.4) is 0 Å². The molecule has 2 aromatic heterocycles. The molecule has 0 aliphatic rings. The van der Waals surface area contributed by atoms with Gasteiger partial charge < -0.3 is 9.73 Å². The van der Waals surface area contributed by atoms with Gasteiger partial charge in [-0.2, -0.15) is 0 Å². The van der Waals surface area contributed by atoms with Gasteiger partial charge in [-0.3, -0.25) is 0 Å². The summed E-state index contributed by atoms with van der Waals surface area (Å²) in [5.74, 6) is 0.864. The van der Waals surface area contributed by atoms with E-state index in [2.05, 4.69) is 24.4 Å². The predicted molar refractivity (Wildman–Crippen MR) is 79.5 cm³/mol. The number of hydrogen-bond donors (Lipinski definition) is 1. The van der Waals surface area contributed by atoms with Crippen molar-refractivity contribution in [1.29, 1.82) is 0 Å². The van der Waals surface area contributed by atoms with Gasteiger partial charge in [-0.25, -0.2) is 4.98 Å². The quantitative estimate of drug-likeness (QED) is 0.784. The Morgan fingerprint density at radius 1 is 1.32 bits per heavy atom. The highest BCUT2D eigenvalue weighted by atomic mass is 32.1. The van der Waals surface area contributed by atoms with Gasteiger partial charge >= 0.3 is 0 Å². The molecule has 3 nitrogen and oxygen atoms in total. The summed E-state index contributed by atoms with van der Waals surface area (Å²) < 4.78 is 5.87. The lowest BCUT2D eigenvalue weighted by Gasteiger charge is -1.95. The first kappa shape index (κ1) is 12.4. The van der Waals surface area contributed by atoms with Crippen molar-refractivity contribution in [1.82, 2.24) is 10.3 Å². The van der Waals surface area contributed by atoms with Gasteiger partial charge in [0.05, 0.1) is 5.69 Å². The van der Waals surface area contributed by atoms with Crippen LogP contribution < -0.4 is 5.32 Å². The van der Waals surface area contributed by atoms with E-state index in [0.717, 1.165) is 40.4 Å². The lowest BCUT2D eigenvalue weighted by atomic mass is 10.2. The normalized spacial score (nSPS) is 11.3. The van der Waals surface area contributed by atoms with E-state index in [0.29, 0.717) is 0 Å². The molecule has 0 unspecified atom stereocenters. The third-order valence-corrected chi connectivity index (χ3v) is 4.20. The van der Waals surface area contributed by atoms with Crippen molar-refractivity contribution in [3.8, 4) is 10.8 Å². The Labute approximate surface area is 116 Å². The lowest BCUT2D eigenvalue weighted by Crippen LogP contribution is -2.05. The van der Waals surface area contributed by atoms with Crippen LogP contribution in [0.2, 0.25) is 0 Å². The van der Waals surface area contributed by atoms with Crippen LogP contribution >= 0.6 is 11.3 Å². The SMILES string of the molecule is CCc1nc(-c2cc3ccccc3o2)sc1CNC. The number of thiazole rings is 1. The Hall–Kier alpha value is -1.65. The summed E-state index contributed by atoms with van der Waals surface area (Å²) in [6.45, 7) is 3.00. The van der Waals surface area contributed by atoms with Crippen molar-refractivity contribution in [2.75, 3.05) is 7.05 Å². The minimum atomic E-state index is 0.862. The van der Waals surface area contributed by atoms with Gasteiger partial charge in [-0.1, -0.05) is 25.1 Å². The van der Waals surface area contributed by atoms with E-state index in [1.54, 1.807) is 11.3 Å². The fourth-order valence-corrected chi connectivity index (χ4v) is 3.27. The molecule has 0 saturated carbocycles. The van der Waals surface area contributed by atoms with Gasteiger partial charge in [-0.05, 0) is 25.6 Å². The summed E-state index contributed by atoms with van der Waals surface area (Å²) in [6.07, 6.45) is 0.952. The Bertz CT molecular complexity index is 666. The zero-order valence-corrected chi connectivity index (χ0v) is 11.9. The number of para-hydroxylation sites is 1. The molecule has 2 heterocycles. The summed E-state index contributed by atoms with van der Waals surface area (Å²) in [7, 11) is 1.96. The summed E-state index contributed by atoms with van der Waals surface area (Å²) in [5.41, 5.74) is 2.08. The molecule has 0 amide bonds. The molecule has 0 aliphatic heterocycles. The van der Waals surface area contributed by atoms with Crippen molar-refractivity contribution in [3.63, 3.8) is 0 Å². The highest BCUT2D eigenvalue weighted by Crippen LogP contribution is 2.32. The molecule has 0 bridgehead atoms. The number of nitrogens with one attached hydrogen (secondary N) is 1. The summed E-state index contributed by atoms with van der Waals surface area (Å²) in [4.78, 5) is 5.99. The smallest absolute Gasteiger partial charge is 0.164 e. The van der Waals surface area contributed by atoms with E-state index in [1.807, 2.05) is 25.2 Å². The first-order valence-corrected chi connectivity index (χ1v) is 7.25. The minimum absolute atomic E-state index is 0.862.